The summed E-state index contributed by atoms with van der Waals surface area (Å²) in [7, 11) is 0. The lowest BCUT2D eigenvalue weighted by atomic mass is 9.96. The van der Waals surface area contributed by atoms with Crippen LogP contribution < -0.4 is 4.74 Å². The Balaban J connectivity index is 1.43. The number of aromatic nitrogens is 1. The van der Waals surface area contributed by atoms with Crippen molar-refractivity contribution in [2.24, 2.45) is 0 Å². The second-order valence-corrected chi connectivity index (χ2v) is 9.37. The molecular formula is C25H30F3N3O3. The highest BCUT2D eigenvalue weighted by molar-refractivity contribution is 5.93. The molecular weight excluding hydrogens is 447 g/mol. The quantitative estimate of drug-likeness (QED) is 0.678. The van der Waals surface area contributed by atoms with E-state index in [1.165, 1.54) is 5.56 Å². The van der Waals surface area contributed by atoms with Gasteiger partial charge in [-0.25, -0.2) is 0 Å². The smallest absolute Gasteiger partial charge is 0.417 e. The first-order chi connectivity index (χ1) is 16.0. The van der Waals surface area contributed by atoms with Gasteiger partial charge in [0.1, 0.15) is 18.1 Å². The minimum atomic E-state index is -4.48. The molecule has 2 fully saturated rings. The molecule has 0 saturated carbocycles. The molecule has 2 aliphatic rings. The van der Waals surface area contributed by atoms with Crippen LogP contribution in [-0.2, 0) is 6.18 Å². The van der Waals surface area contributed by atoms with Gasteiger partial charge < -0.3 is 14.7 Å². The highest BCUT2D eigenvalue weighted by Crippen LogP contribution is 2.39. The number of rotatable bonds is 6. The number of benzene rings is 1. The van der Waals surface area contributed by atoms with E-state index < -0.39 is 17.8 Å². The zero-order valence-electron chi connectivity index (χ0n) is 19.8. The fraction of sp³-hybridized carbons (Fsp3) is 0.520. The van der Waals surface area contributed by atoms with Crippen molar-refractivity contribution in [2.75, 3.05) is 19.7 Å². The number of carbonyl (C=O) groups is 1. The molecule has 1 aromatic heterocycles. The lowest BCUT2D eigenvalue weighted by Crippen LogP contribution is -2.49. The van der Waals surface area contributed by atoms with Gasteiger partial charge in [-0.2, -0.15) is 13.2 Å². The van der Waals surface area contributed by atoms with Crippen LogP contribution in [0.5, 0.6) is 5.75 Å². The normalized spacial score (nSPS) is 22.2. The molecule has 4 atom stereocenters. The Morgan fingerprint density at radius 3 is 2.44 bits per heavy atom. The second kappa shape index (κ2) is 9.19. The summed E-state index contributed by atoms with van der Waals surface area (Å²) in [6.45, 7) is 9.39. The van der Waals surface area contributed by atoms with E-state index in [1.54, 1.807) is 11.8 Å². The number of hydrogen-bond acceptors (Lipinski definition) is 5. The summed E-state index contributed by atoms with van der Waals surface area (Å²) in [5.41, 5.74) is 2.55. The number of amides is 1. The summed E-state index contributed by atoms with van der Waals surface area (Å²) in [5, 5.41) is 9.49. The number of alkyl halides is 3. The van der Waals surface area contributed by atoms with Crippen LogP contribution in [0.3, 0.4) is 0 Å². The monoisotopic (exact) mass is 477 g/mol. The van der Waals surface area contributed by atoms with Crippen LogP contribution in [0.1, 0.15) is 59.1 Å². The second-order valence-electron chi connectivity index (χ2n) is 9.37. The zero-order valence-corrected chi connectivity index (χ0v) is 19.8. The molecule has 2 bridgehead atoms. The van der Waals surface area contributed by atoms with E-state index in [-0.39, 0.29) is 36.3 Å². The van der Waals surface area contributed by atoms with Crippen LogP contribution in [0.25, 0.3) is 0 Å². The number of likely N-dealkylation sites (tertiary alicyclic amines) is 2. The van der Waals surface area contributed by atoms with Gasteiger partial charge in [-0.1, -0.05) is 6.07 Å². The van der Waals surface area contributed by atoms with Crippen molar-refractivity contribution in [2.45, 2.75) is 64.5 Å². The van der Waals surface area contributed by atoms with Crippen LogP contribution >= 0.6 is 0 Å². The molecule has 1 aromatic carbocycles. The number of carbonyl (C=O) groups excluding carboxylic acids is 1. The van der Waals surface area contributed by atoms with E-state index in [9.17, 15) is 23.1 Å². The van der Waals surface area contributed by atoms with Crippen LogP contribution in [0.4, 0.5) is 13.2 Å². The molecule has 2 aliphatic heterocycles. The minimum absolute atomic E-state index is 0.0131. The molecule has 0 spiro atoms. The Kier molecular flexibility index (Phi) is 6.61. The third-order valence-electron chi connectivity index (χ3n) is 7.06. The summed E-state index contributed by atoms with van der Waals surface area (Å²) >= 11 is 0. The molecule has 2 aromatic rings. The Morgan fingerprint density at radius 1 is 1.15 bits per heavy atom. The lowest BCUT2D eigenvalue weighted by molar-refractivity contribution is -0.137. The van der Waals surface area contributed by atoms with E-state index in [4.69, 9.17) is 4.74 Å². The molecule has 0 radical (unpaired) electrons. The predicted molar refractivity (Wildman–Crippen MR) is 121 cm³/mol. The average Bonchev–Trinajstić information content (AvgIpc) is 3.40. The number of aliphatic hydroxyl groups is 1. The average molecular weight is 478 g/mol. The molecule has 2 saturated heterocycles. The number of piperazine rings is 1. The van der Waals surface area contributed by atoms with Gasteiger partial charge in [-0.05, 0) is 69.0 Å². The number of ether oxygens (including phenoxy) is 1. The van der Waals surface area contributed by atoms with E-state index in [0.29, 0.717) is 13.1 Å². The maximum Gasteiger partial charge on any atom is 0.417 e. The molecule has 6 nitrogen and oxygen atoms in total. The van der Waals surface area contributed by atoms with Gasteiger partial charge in [0.15, 0.2) is 0 Å². The lowest BCUT2D eigenvalue weighted by Gasteiger charge is -2.38. The molecule has 9 heteroatoms. The fourth-order valence-electron chi connectivity index (χ4n) is 5.07. The van der Waals surface area contributed by atoms with E-state index in [0.717, 1.165) is 41.6 Å². The van der Waals surface area contributed by atoms with Crippen molar-refractivity contribution in [1.29, 1.82) is 0 Å². The van der Waals surface area contributed by atoms with Gasteiger partial charge in [0, 0.05) is 37.4 Å². The Labute approximate surface area is 197 Å². The maximum atomic E-state index is 12.9. The Morgan fingerprint density at radius 2 is 1.88 bits per heavy atom. The molecule has 1 amide bonds. The number of hydrogen-bond donors (Lipinski definition) is 1. The summed E-state index contributed by atoms with van der Waals surface area (Å²) < 4.78 is 44.1. The summed E-state index contributed by atoms with van der Waals surface area (Å²) in [6, 6.07) is 6.40. The van der Waals surface area contributed by atoms with Gasteiger partial charge in [-0.15, -0.1) is 0 Å². The molecule has 3 heterocycles. The minimum Gasteiger partial charge on any atom is -0.491 e. The third kappa shape index (κ3) is 4.63. The summed E-state index contributed by atoms with van der Waals surface area (Å²) in [4.78, 5) is 20.8. The fourth-order valence-corrected chi connectivity index (χ4v) is 5.07. The molecule has 184 valence electrons. The summed E-state index contributed by atoms with van der Waals surface area (Å²) in [5.74, 6) is 0.443. The van der Waals surface area contributed by atoms with Crippen molar-refractivity contribution in [1.82, 2.24) is 14.8 Å². The molecule has 4 rings (SSSR count). The molecule has 1 N–H and O–H groups in total. The highest BCUT2D eigenvalue weighted by Gasteiger charge is 2.47. The van der Waals surface area contributed by atoms with Crippen molar-refractivity contribution >= 4 is 5.91 Å². The Hall–Kier alpha value is -2.65. The highest BCUT2D eigenvalue weighted by atomic mass is 19.4. The topological polar surface area (TPSA) is 65.9 Å². The van der Waals surface area contributed by atoms with Crippen molar-refractivity contribution in [3.05, 3.63) is 58.4 Å². The third-order valence-corrected chi connectivity index (χ3v) is 7.06. The zero-order chi connectivity index (χ0) is 24.8. The van der Waals surface area contributed by atoms with Gasteiger partial charge in [0.25, 0.3) is 5.91 Å². The number of pyridine rings is 1. The standard InChI is InChI=1S/C25H30F3N3O3/c1-14(32)13-34-23-8-6-21(15(2)16(23)3)17(4)30-11-20-9-19(30)12-31(20)24(33)22-7-5-18(10-29-22)25(26,27)28/h5-8,10,14,17,19-20,32H,9,11-13H2,1-4H3/t14-,17-,19-,20-/m0/s1. The van der Waals surface area contributed by atoms with Gasteiger partial charge >= 0.3 is 6.18 Å². The van der Waals surface area contributed by atoms with Gasteiger partial charge in [0.05, 0.1) is 11.7 Å². The Bertz CT molecular complexity index is 1060. The molecule has 0 aliphatic carbocycles. The van der Waals surface area contributed by atoms with E-state index in [2.05, 4.69) is 29.8 Å². The van der Waals surface area contributed by atoms with Gasteiger partial charge in [-0.3, -0.25) is 14.7 Å². The predicted octanol–water partition coefficient (Wildman–Crippen LogP) is 4.14. The van der Waals surface area contributed by atoms with E-state index in [1.807, 2.05) is 13.0 Å². The maximum absolute atomic E-state index is 12.9. The first-order valence-corrected chi connectivity index (χ1v) is 11.5. The number of nitrogens with zero attached hydrogens (tertiary/aromatic N) is 3. The van der Waals surface area contributed by atoms with Crippen LogP contribution in [0.15, 0.2) is 30.5 Å². The number of halogens is 3. The van der Waals surface area contributed by atoms with Crippen molar-refractivity contribution in [3.63, 3.8) is 0 Å². The largest absolute Gasteiger partial charge is 0.491 e. The first kappa shape index (κ1) is 24.5. The van der Waals surface area contributed by atoms with Crippen LogP contribution in [-0.4, -0.2) is 63.7 Å². The number of fused-ring (bicyclic) bond motifs is 2. The van der Waals surface area contributed by atoms with Crippen LogP contribution in [0, 0.1) is 13.8 Å². The SMILES string of the molecule is Cc1c(OC[C@H](C)O)ccc([C@H](C)N2C[C@@H]3C[C@H]2CN3C(=O)c2ccc(C(F)(F)F)cn2)c1C. The van der Waals surface area contributed by atoms with Gasteiger partial charge in [0.2, 0.25) is 0 Å². The van der Waals surface area contributed by atoms with Crippen LogP contribution in [0.2, 0.25) is 0 Å². The van der Waals surface area contributed by atoms with Crippen molar-refractivity contribution < 1.29 is 27.8 Å². The molecule has 0 unspecified atom stereocenters. The number of aliphatic hydroxyl groups excluding tert-OH is 1. The molecule has 34 heavy (non-hydrogen) atoms. The summed E-state index contributed by atoms with van der Waals surface area (Å²) in [6.07, 6.45) is -3.46. The van der Waals surface area contributed by atoms with E-state index >= 15 is 0 Å². The first-order valence-electron chi connectivity index (χ1n) is 11.5. The van der Waals surface area contributed by atoms with Crippen molar-refractivity contribution in [3.8, 4) is 5.75 Å².